The summed E-state index contributed by atoms with van der Waals surface area (Å²) in [6, 6.07) is 24.4. The number of aromatic nitrogens is 1. The minimum absolute atomic E-state index is 0.0331. The molecule has 0 aliphatic heterocycles. The lowest BCUT2D eigenvalue weighted by atomic mass is 10.0. The van der Waals surface area contributed by atoms with Crippen LogP contribution in [0.4, 0.5) is 0 Å². The van der Waals surface area contributed by atoms with Gasteiger partial charge in [0.25, 0.3) is 0 Å². The first-order valence-corrected chi connectivity index (χ1v) is 9.25. The Morgan fingerprint density at radius 1 is 0.920 bits per heavy atom. The Balaban J connectivity index is 1.62. The van der Waals surface area contributed by atoms with Crippen molar-refractivity contribution in [3.05, 3.63) is 102 Å². The first kappa shape index (κ1) is 17.2. The second kappa shape index (κ2) is 9.04. The lowest BCUT2D eigenvalue weighted by Gasteiger charge is -2.17. The Bertz CT molecular complexity index is 739. The van der Waals surface area contributed by atoms with Crippen molar-refractivity contribution in [3.8, 4) is 0 Å². The van der Waals surface area contributed by atoms with Crippen LogP contribution < -0.4 is 5.32 Å². The molecule has 3 rings (SSSR count). The van der Waals surface area contributed by atoms with E-state index in [2.05, 4.69) is 34.6 Å². The average Bonchev–Trinajstić information content (AvgIpc) is 2.69. The lowest BCUT2D eigenvalue weighted by molar-refractivity contribution is -0.118. The van der Waals surface area contributed by atoms with Crippen LogP contribution in [0, 0.1) is 0 Å². The molecular formula is C21H20N2OS. The Hall–Kier alpha value is -2.59. The maximum absolute atomic E-state index is 12.2. The van der Waals surface area contributed by atoms with Gasteiger partial charge in [-0.25, -0.2) is 0 Å². The number of nitrogens with one attached hydrogen (secondary N) is 1. The van der Waals surface area contributed by atoms with Crippen LogP contribution in [-0.2, 0) is 11.3 Å². The van der Waals surface area contributed by atoms with Crippen LogP contribution in [0.1, 0.15) is 21.9 Å². The predicted octanol–water partition coefficient (Wildman–Crippen LogP) is 4.22. The van der Waals surface area contributed by atoms with E-state index in [9.17, 15) is 4.79 Å². The highest BCUT2D eigenvalue weighted by molar-refractivity contribution is 8.00. The van der Waals surface area contributed by atoms with E-state index >= 15 is 0 Å². The average molecular weight is 348 g/mol. The molecule has 2 aromatic carbocycles. The van der Waals surface area contributed by atoms with E-state index in [1.165, 1.54) is 11.1 Å². The molecule has 1 aromatic heterocycles. The fourth-order valence-corrected chi connectivity index (χ4v) is 3.67. The highest BCUT2D eigenvalue weighted by Gasteiger charge is 2.16. The summed E-state index contributed by atoms with van der Waals surface area (Å²) in [7, 11) is 0. The van der Waals surface area contributed by atoms with E-state index in [0.717, 1.165) is 5.56 Å². The minimum Gasteiger partial charge on any atom is -0.351 e. The number of amides is 1. The maximum Gasteiger partial charge on any atom is 0.230 e. The first-order chi connectivity index (χ1) is 12.3. The number of carbonyl (C=O) groups excluding carboxylic acids is 1. The molecule has 0 radical (unpaired) electrons. The maximum atomic E-state index is 12.2. The van der Waals surface area contributed by atoms with E-state index in [1.54, 1.807) is 24.2 Å². The van der Waals surface area contributed by atoms with Crippen LogP contribution in [0.2, 0.25) is 0 Å². The van der Waals surface area contributed by atoms with E-state index in [1.807, 2.05) is 48.5 Å². The van der Waals surface area contributed by atoms with Gasteiger partial charge in [0.1, 0.15) is 0 Å². The lowest BCUT2D eigenvalue weighted by Crippen LogP contribution is -2.25. The smallest absolute Gasteiger partial charge is 0.230 e. The molecule has 0 atom stereocenters. The Morgan fingerprint density at radius 3 is 2.12 bits per heavy atom. The largest absolute Gasteiger partial charge is 0.351 e. The molecule has 126 valence electrons. The second-order valence-electron chi connectivity index (χ2n) is 5.65. The number of hydrogen-bond donors (Lipinski definition) is 1. The van der Waals surface area contributed by atoms with Crippen LogP contribution in [0.25, 0.3) is 0 Å². The third-order valence-electron chi connectivity index (χ3n) is 3.80. The van der Waals surface area contributed by atoms with Crippen molar-refractivity contribution in [2.24, 2.45) is 0 Å². The van der Waals surface area contributed by atoms with Gasteiger partial charge in [0, 0.05) is 18.9 Å². The number of thioether (sulfide) groups is 1. The van der Waals surface area contributed by atoms with Gasteiger partial charge in [-0.2, -0.15) is 0 Å². The Morgan fingerprint density at radius 2 is 1.56 bits per heavy atom. The van der Waals surface area contributed by atoms with Gasteiger partial charge in [0.15, 0.2) is 0 Å². The summed E-state index contributed by atoms with van der Waals surface area (Å²) in [6.45, 7) is 0.509. The van der Waals surface area contributed by atoms with Gasteiger partial charge >= 0.3 is 0 Å². The number of pyridine rings is 1. The zero-order chi connectivity index (χ0) is 17.3. The van der Waals surface area contributed by atoms with E-state index in [4.69, 9.17) is 0 Å². The molecule has 0 spiro atoms. The third kappa shape index (κ3) is 5.19. The van der Waals surface area contributed by atoms with Gasteiger partial charge in [-0.3, -0.25) is 9.78 Å². The molecule has 0 saturated carbocycles. The summed E-state index contributed by atoms with van der Waals surface area (Å²) in [5.74, 6) is 0.444. The van der Waals surface area contributed by atoms with Gasteiger partial charge in [0.2, 0.25) is 5.91 Å². The summed E-state index contributed by atoms with van der Waals surface area (Å²) in [4.78, 5) is 16.3. The third-order valence-corrected chi connectivity index (χ3v) is 5.10. The summed E-state index contributed by atoms with van der Waals surface area (Å²) >= 11 is 1.64. The molecule has 1 heterocycles. The van der Waals surface area contributed by atoms with Gasteiger partial charge in [0.05, 0.1) is 11.0 Å². The summed E-state index contributed by atoms with van der Waals surface area (Å²) in [5.41, 5.74) is 3.42. The molecule has 3 aromatic rings. The number of benzene rings is 2. The van der Waals surface area contributed by atoms with Crippen LogP contribution >= 0.6 is 11.8 Å². The summed E-state index contributed by atoms with van der Waals surface area (Å²) in [6.07, 6.45) is 3.50. The quantitative estimate of drug-likeness (QED) is 0.695. The Kier molecular flexibility index (Phi) is 6.23. The van der Waals surface area contributed by atoms with Crippen LogP contribution in [0.3, 0.4) is 0 Å². The molecule has 4 heteroatoms. The van der Waals surface area contributed by atoms with E-state index in [-0.39, 0.29) is 11.2 Å². The number of nitrogens with zero attached hydrogens (tertiary/aromatic N) is 1. The van der Waals surface area contributed by atoms with Gasteiger partial charge in [-0.05, 0) is 22.8 Å². The minimum atomic E-state index is 0.0331. The van der Waals surface area contributed by atoms with Crippen molar-refractivity contribution in [1.29, 1.82) is 0 Å². The van der Waals surface area contributed by atoms with Crippen LogP contribution in [-0.4, -0.2) is 16.6 Å². The number of hydrogen-bond acceptors (Lipinski definition) is 3. The van der Waals surface area contributed by atoms with Gasteiger partial charge in [-0.1, -0.05) is 66.7 Å². The van der Waals surface area contributed by atoms with Gasteiger partial charge < -0.3 is 5.32 Å². The number of rotatable bonds is 7. The monoisotopic (exact) mass is 348 g/mol. The summed E-state index contributed by atoms with van der Waals surface area (Å²) in [5, 5.41) is 3.10. The predicted molar refractivity (Wildman–Crippen MR) is 103 cm³/mol. The van der Waals surface area contributed by atoms with Crippen molar-refractivity contribution in [2.75, 3.05) is 5.75 Å². The molecule has 0 fully saturated rings. The highest BCUT2D eigenvalue weighted by atomic mass is 32.2. The molecule has 1 N–H and O–H groups in total. The van der Waals surface area contributed by atoms with Crippen LogP contribution in [0.5, 0.6) is 0 Å². The topological polar surface area (TPSA) is 42.0 Å². The van der Waals surface area contributed by atoms with Crippen molar-refractivity contribution >= 4 is 17.7 Å². The first-order valence-electron chi connectivity index (χ1n) is 8.20. The molecule has 0 aliphatic rings. The van der Waals surface area contributed by atoms with Crippen molar-refractivity contribution in [1.82, 2.24) is 10.3 Å². The molecule has 3 nitrogen and oxygen atoms in total. The summed E-state index contributed by atoms with van der Waals surface area (Å²) < 4.78 is 0. The van der Waals surface area contributed by atoms with E-state index < -0.39 is 0 Å². The zero-order valence-corrected chi connectivity index (χ0v) is 14.7. The Labute approximate surface area is 152 Å². The fourth-order valence-electron chi connectivity index (χ4n) is 2.55. The number of carbonyl (C=O) groups is 1. The van der Waals surface area contributed by atoms with Crippen molar-refractivity contribution in [3.63, 3.8) is 0 Å². The fraction of sp³-hybridized carbons (Fsp3) is 0.143. The highest BCUT2D eigenvalue weighted by Crippen LogP contribution is 2.35. The SMILES string of the molecule is O=C(CSC(c1ccccc1)c1ccccc1)NCc1cccnc1. The molecular weight excluding hydrogens is 328 g/mol. The van der Waals surface area contributed by atoms with Crippen LogP contribution in [0.15, 0.2) is 85.2 Å². The molecule has 0 bridgehead atoms. The normalized spacial score (nSPS) is 10.6. The van der Waals surface area contributed by atoms with E-state index in [0.29, 0.717) is 12.3 Å². The molecule has 0 aliphatic carbocycles. The molecule has 25 heavy (non-hydrogen) atoms. The molecule has 1 amide bonds. The standard InChI is InChI=1S/C21H20N2OS/c24-20(23-15-17-8-7-13-22-14-17)16-25-21(18-9-3-1-4-10-18)19-11-5-2-6-12-19/h1-14,21H,15-16H2,(H,23,24). The van der Waals surface area contributed by atoms with Crippen molar-refractivity contribution < 1.29 is 4.79 Å². The second-order valence-corrected chi connectivity index (χ2v) is 6.74. The molecule has 0 unspecified atom stereocenters. The molecule has 0 saturated heterocycles. The zero-order valence-electron chi connectivity index (χ0n) is 13.8. The van der Waals surface area contributed by atoms with Crippen molar-refractivity contribution in [2.45, 2.75) is 11.8 Å². The van der Waals surface area contributed by atoms with Gasteiger partial charge in [-0.15, -0.1) is 11.8 Å².